The minimum atomic E-state index is -0.105. The number of fused-ring (bicyclic) bond motifs is 1. The molecule has 0 atom stereocenters. The molecule has 0 spiro atoms. The standard InChI is InChI=1S/C21H22N4O3/c1-27-17-6-2-15(3-7-17)13-19-22-21(25-24-19)23-20(26)9-5-14-4-8-18-16(12-14)10-11-28-18/h2-4,6-8,12H,5,9-11,13H2,1H3,(H2,22,23,24,25,26). The molecule has 4 rings (SSSR count). The van der Waals surface area contributed by atoms with Crippen LogP contribution in [0.4, 0.5) is 5.95 Å². The largest absolute Gasteiger partial charge is 0.497 e. The molecule has 144 valence electrons. The molecule has 7 heteroatoms. The predicted octanol–water partition coefficient (Wildman–Crippen LogP) is 2.91. The summed E-state index contributed by atoms with van der Waals surface area (Å²) in [5.74, 6) is 2.66. The Hall–Kier alpha value is -3.35. The van der Waals surface area contributed by atoms with Crippen LogP contribution in [-0.2, 0) is 24.1 Å². The molecule has 7 nitrogen and oxygen atoms in total. The van der Waals surface area contributed by atoms with Gasteiger partial charge in [-0.1, -0.05) is 24.3 Å². The fourth-order valence-corrected chi connectivity index (χ4v) is 3.21. The first-order valence-electron chi connectivity index (χ1n) is 9.28. The van der Waals surface area contributed by atoms with E-state index in [0.29, 0.717) is 31.0 Å². The minimum absolute atomic E-state index is 0.105. The van der Waals surface area contributed by atoms with Crippen LogP contribution in [0, 0.1) is 0 Å². The first kappa shape index (κ1) is 18.0. The smallest absolute Gasteiger partial charge is 0.248 e. The molecule has 0 radical (unpaired) electrons. The molecule has 0 saturated carbocycles. The summed E-state index contributed by atoms with van der Waals surface area (Å²) >= 11 is 0. The Labute approximate surface area is 163 Å². The topological polar surface area (TPSA) is 89.1 Å². The van der Waals surface area contributed by atoms with Gasteiger partial charge in [0.2, 0.25) is 11.9 Å². The lowest BCUT2D eigenvalue weighted by Gasteiger charge is -2.04. The van der Waals surface area contributed by atoms with Crippen molar-refractivity contribution in [2.24, 2.45) is 0 Å². The van der Waals surface area contributed by atoms with E-state index in [2.05, 4.69) is 26.6 Å². The molecule has 0 saturated heterocycles. The van der Waals surface area contributed by atoms with E-state index in [-0.39, 0.29) is 5.91 Å². The highest BCUT2D eigenvalue weighted by atomic mass is 16.5. The summed E-state index contributed by atoms with van der Waals surface area (Å²) in [7, 11) is 1.64. The molecule has 1 aliphatic rings. The van der Waals surface area contributed by atoms with Gasteiger partial charge in [-0.3, -0.25) is 15.2 Å². The van der Waals surface area contributed by atoms with E-state index in [9.17, 15) is 4.79 Å². The molecule has 0 unspecified atom stereocenters. The minimum Gasteiger partial charge on any atom is -0.497 e. The lowest BCUT2D eigenvalue weighted by molar-refractivity contribution is -0.116. The number of nitrogens with zero attached hydrogens (tertiary/aromatic N) is 2. The zero-order valence-corrected chi connectivity index (χ0v) is 15.7. The summed E-state index contributed by atoms with van der Waals surface area (Å²) in [6, 6.07) is 13.9. The van der Waals surface area contributed by atoms with Crippen LogP contribution in [0.5, 0.6) is 11.5 Å². The van der Waals surface area contributed by atoms with Crippen molar-refractivity contribution in [1.29, 1.82) is 0 Å². The summed E-state index contributed by atoms with van der Waals surface area (Å²) in [6.07, 6.45) is 2.58. The number of methoxy groups -OCH3 is 1. The van der Waals surface area contributed by atoms with Gasteiger partial charge in [0.25, 0.3) is 0 Å². The Morgan fingerprint density at radius 2 is 2.04 bits per heavy atom. The number of amides is 1. The predicted molar refractivity (Wildman–Crippen MR) is 105 cm³/mol. The lowest BCUT2D eigenvalue weighted by Crippen LogP contribution is -2.13. The first-order valence-corrected chi connectivity index (χ1v) is 9.28. The van der Waals surface area contributed by atoms with Crippen LogP contribution in [0.15, 0.2) is 42.5 Å². The fourth-order valence-electron chi connectivity index (χ4n) is 3.21. The zero-order chi connectivity index (χ0) is 19.3. The molecular formula is C21H22N4O3. The van der Waals surface area contributed by atoms with Crippen LogP contribution in [0.1, 0.15) is 28.9 Å². The number of H-pyrrole nitrogens is 1. The number of aryl methyl sites for hydroxylation is 1. The Morgan fingerprint density at radius 3 is 2.86 bits per heavy atom. The second kappa shape index (κ2) is 8.12. The van der Waals surface area contributed by atoms with Gasteiger partial charge >= 0.3 is 0 Å². The Morgan fingerprint density at radius 1 is 1.21 bits per heavy atom. The van der Waals surface area contributed by atoms with Gasteiger partial charge in [-0.25, -0.2) is 0 Å². The Bertz CT molecular complexity index is 966. The number of anilines is 1. The van der Waals surface area contributed by atoms with Crippen LogP contribution in [0.2, 0.25) is 0 Å². The summed E-state index contributed by atoms with van der Waals surface area (Å²) in [6.45, 7) is 0.739. The Kier molecular flexibility index (Phi) is 5.23. The maximum absolute atomic E-state index is 12.2. The normalized spacial score (nSPS) is 12.3. The molecule has 28 heavy (non-hydrogen) atoms. The van der Waals surface area contributed by atoms with Gasteiger partial charge < -0.3 is 9.47 Å². The van der Waals surface area contributed by atoms with Crippen LogP contribution >= 0.6 is 0 Å². The number of rotatable bonds is 7. The number of carbonyl (C=O) groups is 1. The van der Waals surface area contributed by atoms with Gasteiger partial charge in [0.05, 0.1) is 13.7 Å². The van der Waals surface area contributed by atoms with Crippen molar-refractivity contribution in [2.75, 3.05) is 19.0 Å². The summed E-state index contributed by atoms with van der Waals surface area (Å²) in [4.78, 5) is 16.6. The second-order valence-electron chi connectivity index (χ2n) is 6.72. The molecule has 1 amide bonds. The highest BCUT2D eigenvalue weighted by Crippen LogP contribution is 2.26. The number of aromatic amines is 1. The van der Waals surface area contributed by atoms with Crippen molar-refractivity contribution >= 4 is 11.9 Å². The number of hydrogen-bond donors (Lipinski definition) is 2. The number of ether oxygens (including phenoxy) is 2. The lowest BCUT2D eigenvalue weighted by atomic mass is 10.0. The third-order valence-corrected chi connectivity index (χ3v) is 4.71. The van der Waals surface area contributed by atoms with Crippen molar-refractivity contribution < 1.29 is 14.3 Å². The van der Waals surface area contributed by atoms with Crippen molar-refractivity contribution in [1.82, 2.24) is 15.2 Å². The average molecular weight is 378 g/mol. The van der Waals surface area contributed by atoms with Crippen molar-refractivity contribution in [3.8, 4) is 11.5 Å². The molecule has 0 fully saturated rings. The highest BCUT2D eigenvalue weighted by Gasteiger charge is 2.13. The Balaban J connectivity index is 1.28. The van der Waals surface area contributed by atoms with Crippen LogP contribution in [-0.4, -0.2) is 34.8 Å². The van der Waals surface area contributed by atoms with Crippen LogP contribution in [0.25, 0.3) is 0 Å². The van der Waals surface area contributed by atoms with E-state index >= 15 is 0 Å². The van der Waals surface area contributed by atoms with Crippen molar-refractivity contribution in [3.63, 3.8) is 0 Å². The maximum atomic E-state index is 12.2. The van der Waals surface area contributed by atoms with Gasteiger partial charge in [0, 0.05) is 19.3 Å². The summed E-state index contributed by atoms with van der Waals surface area (Å²) < 4.78 is 10.7. The number of hydrogen-bond acceptors (Lipinski definition) is 5. The monoisotopic (exact) mass is 378 g/mol. The van der Waals surface area contributed by atoms with E-state index in [1.807, 2.05) is 36.4 Å². The third kappa shape index (κ3) is 4.31. The molecule has 0 bridgehead atoms. The number of benzene rings is 2. The molecule has 1 aromatic heterocycles. The van der Waals surface area contributed by atoms with Gasteiger partial charge in [0.15, 0.2) is 0 Å². The van der Waals surface area contributed by atoms with Gasteiger partial charge in [0.1, 0.15) is 17.3 Å². The molecule has 1 aliphatic heterocycles. The molecule has 2 aromatic carbocycles. The number of carbonyl (C=O) groups excluding carboxylic acids is 1. The third-order valence-electron chi connectivity index (χ3n) is 4.71. The molecule has 3 aromatic rings. The fraction of sp³-hybridized carbons (Fsp3) is 0.286. The second-order valence-corrected chi connectivity index (χ2v) is 6.72. The summed E-state index contributed by atoms with van der Waals surface area (Å²) in [5.41, 5.74) is 3.43. The van der Waals surface area contributed by atoms with Crippen molar-refractivity contribution in [3.05, 3.63) is 65.0 Å². The zero-order valence-electron chi connectivity index (χ0n) is 15.7. The van der Waals surface area contributed by atoms with E-state index < -0.39 is 0 Å². The van der Waals surface area contributed by atoms with Crippen molar-refractivity contribution in [2.45, 2.75) is 25.7 Å². The van der Waals surface area contributed by atoms with Gasteiger partial charge in [-0.15, -0.1) is 5.10 Å². The van der Waals surface area contributed by atoms with Crippen LogP contribution in [0.3, 0.4) is 0 Å². The molecule has 0 aliphatic carbocycles. The molecule has 2 N–H and O–H groups in total. The highest BCUT2D eigenvalue weighted by molar-refractivity contribution is 5.89. The molecular weight excluding hydrogens is 356 g/mol. The number of nitrogens with one attached hydrogen (secondary N) is 2. The van der Waals surface area contributed by atoms with E-state index in [1.165, 1.54) is 5.56 Å². The van der Waals surface area contributed by atoms with Gasteiger partial charge in [-0.05, 0) is 41.3 Å². The van der Waals surface area contributed by atoms with Gasteiger partial charge in [-0.2, -0.15) is 4.98 Å². The van der Waals surface area contributed by atoms with E-state index in [1.54, 1.807) is 7.11 Å². The SMILES string of the molecule is COc1ccc(Cc2nc(NC(=O)CCc3ccc4c(c3)CCO4)n[nH]2)cc1. The van der Waals surface area contributed by atoms with E-state index in [4.69, 9.17) is 9.47 Å². The van der Waals surface area contributed by atoms with Crippen LogP contribution < -0.4 is 14.8 Å². The quantitative estimate of drug-likeness (QED) is 0.660. The average Bonchev–Trinajstić information content (AvgIpc) is 3.36. The first-order chi connectivity index (χ1) is 13.7. The molecule has 2 heterocycles. The van der Waals surface area contributed by atoms with E-state index in [0.717, 1.165) is 35.7 Å². The maximum Gasteiger partial charge on any atom is 0.248 e. The summed E-state index contributed by atoms with van der Waals surface area (Å²) in [5, 5.41) is 9.70. The number of aromatic nitrogens is 3.